The highest BCUT2D eigenvalue weighted by molar-refractivity contribution is 6.26. The monoisotopic (exact) mass is 396 g/mol. The lowest BCUT2D eigenvalue weighted by Crippen LogP contribution is -2.45. The predicted octanol–water partition coefficient (Wildman–Crippen LogP) is 2.38. The fourth-order valence-corrected chi connectivity index (χ4v) is 4.46. The molecule has 0 unspecified atom stereocenters. The van der Waals surface area contributed by atoms with E-state index in [1.807, 2.05) is 19.1 Å². The molecule has 0 atom stereocenters. The van der Waals surface area contributed by atoms with Gasteiger partial charge in [0.1, 0.15) is 0 Å². The third-order valence-electron chi connectivity index (χ3n) is 6.09. The number of hydrogen-bond donors (Lipinski definition) is 0. The quantitative estimate of drug-likeness (QED) is 0.576. The molecule has 154 valence electrons. The lowest BCUT2D eigenvalue weighted by molar-refractivity contribution is -0.704. The van der Waals surface area contributed by atoms with E-state index in [0.29, 0.717) is 22.5 Å². The Morgan fingerprint density at radius 3 is 2.38 bits per heavy atom. The van der Waals surface area contributed by atoms with Gasteiger partial charge in [-0.3, -0.25) is 14.5 Å². The molecule has 1 aromatic heterocycles. The van der Waals surface area contributed by atoms with Gasteiger partial charge in [0, 0.05) is 37.7 Å². The number of carbonyl (C=O) groups excluding carboxylic acids is 2. The van der Waals surface area contributed by atoms with Crippen molar-refractivity contribution in [3.63, 3.8) is 0 Å². The van der Waals surface area contributed by atoms with Gasteiger partial charge in [-0.25, -0.2) is 9.13 Å². The van der Waals surface area contributed by atoms with Crippen molar-refractivity contribution in [3.8, 4) is 0 Å². The molecule has 0 spiro atoms. The van der Waals surface area contributed by atoms with Crippen molar-refractivity contribution in [3.05, 3.63) is 52.6 Å². The summed E-state index contributed by atoms with van der Waals surface area (Å²) < 4.78 is 9.58. The number of ketones is 2. The maximum atomic E-state index is 13.4. The minimum absolute atomic E-state index is 0.0265. The fraction of sp³-hybridized carbons (Fsp3) is 0.522. The van der Waals surface area contributed by atoms with E-state index in [9.17, 15) is 9.59 Å². The summed E-state index contributed by atoms with van der Waals surface area (Å²) in [5.74, 6) is 0.946. The molecule has 0 saturated carbocycles. The molecule has 1 saturated heterocycles. The lowest BCUT2D eigenvalue weighted by Gasteiger charge is -2.26. The van der Waals surface area contributed by atoms with Gasteiger partial charge in [-0.2, -0.15) is 0 Å². The second kappa shape index (κ2) is 8.59. The summed E-state index contributed by atoms with van der Waals surface area (Å²) in [5.41, 5.74) is 2.20. The Hall–Kier alpha value is -2.31. The van der Waals surface area contributed by atoms with Gasteiger partial charge in [0.05, 0.1) is 26.3 Å². The van der Waals surface area contributed by atoms with Gasteiger partial charge >= 0.3 is 0 Å². The van der Waals surface area contributed by atoms with Crippen LogP contribution >= 0.6 is 0 Å². The first-order chi connectivity index (χ1) is 14.1. The average Bonchev–Trinajstić information content (AvgIpc) is 3.03. The van der Waals surface area contributed by atoms with Crippen LogP contribution in [0.3, 0.4) is 0 Å². The number of rotatable bonds is 7. The molecular formula is C23H30N3O3+. The Kier molecular flexibility index (Phi) is 5.92. The molecule has 1 fully saturated rings. The van der Waals surface area contributed by atoms with E-state index >= 15 is 0 Å². The van der Waals surface area contributed by atoms with Crippen LogP contribution in [0.4, 0.5) is 0 Å². The highest BCUT2D eigenvalue weighted by atomic mass is 16.5. The molecule has 2 aliphatic rings. The van der Waals surface area contributed by atoms with Crippen LogP contribution in [0.25, 0.3) is 0 Å². The molecule has 1 aliphatic heterocycles. The topological polar surface area (TPSA) is 55.4 Å². The van der Waals surface area contributed by atoms with Crippen LogP contribution in [0.15, 0.2) is 24.3 Å². The first-order valence-electron chi connectivity index (χ1n) is 10.7. The molecule has 0 amide bonds. The largest absolute Gasteiger partial charge is 0.379 e. The Morgan fingerprint density at radius 1 is 1.00 bits per heavy atom. The zero-order valence-corrected chi connectivity index (χ0v) is 17.4. The maximum absolute atomic E-state index is 13.4. The summed E-state index contributed by atoms with van der Waals surface area (Å²) in [6.45, 7) is 10.2. The fourth-order valence-electron chi connectivity index (χ4n) is 4.46. The van der Waals surface area contributed by atoms with E-state index in [0.717, 1.165) is 71.0 Å². The van der Waals surface area contributed by atoms with Crippen LogP contribution < -0.4 is 4.57 Å². The van der Waals surface area contributed by atoms with E-state index in [1.54, 1.807) is 12.1 Å². The minimum Gasteiger partial charge on any atom is -0.379 e. The number of fused-ring (bicyclic) bond motifs is 2. The number of imidazole rings is 1. The van der Waals surface area contributed by atoms with Crippen LogP contribution in [-0.4, -0.2) is 53.9 Å². The number of benzene rings is 1. The van der Waals surface area contributed by atoms with E-state index < -0.39 is 0 Å². The number of aromatic nitrogens is 2. The Balaban J connectivity index is 1.67. The van der Waals surface area contributed by atoms with Gasteiger partial charge in [0.25, 0.3) is 5.82 Å². The Morgan fingerprint density at radius 2 is 1.69 bits per heavy atom. The number of nitrogens with zero attached hydrogens (tertiary/aromatic N) is 3. The molecule has 0 radical (unpaired) electrons. The second-order valence-corrected chi connectivity index (χ2v) is 7.91. The first-order valence-corrected chi connectivity index (χ1v) is 10.7. The van der Waals surface area contributed by atoms with Crippen molar-refractivity contribution in [2.45, 2.75) is 46.2 Å². The number of hydrogen-bond acceptors (Lipinski definition) is 4. The van der Waals surface area contributed by atoms with E-state index in [4.69, 9.17) is 4.74 Å². The standard InChI is InChI=1S/C23H30N3O3/c1-3-4-11-25-17(2)26(12-7-10-24-13-15-29-16-14-24)21-20(25)22(27)18-8-5-6-9-19(18)23(21)28/h5-6,8-9H,3-4,7,10-16H2,1-2H3/q+1. The lowest BCUT2D eigenvalue weighted by atomic mass is 9.90. The average molecular weight is 397 g/mol. The SMILES string of the molecule is CCCCn1c2c([n+](CCCN3CCOCC3)c1C)C(=O)c1ccccc1C2=O. The zero-order chi connectivity index (χ0) is 20.4. The van der Waals surface area contributed by atoms with Crippen LogP contribution in [0, 0.1) is 6.92 Å². The smallest absolute Gasteiger partial charge is 0.254 e. The van der Waals surface area contributed by atoms with Crippen LogP contribution in [0.2, 0.25) is 0 Å². The number of unbranched alkanes of at least 4 members (excludes halogenated alkanes) is 1. The highest BCUT2D eigenvalue weighted by Crippen LogP contribution is 2.27. The predicted molar refractivity (Wildman–Crippen MR) is 109 cm³/mol. The summed E-state index contributed by atoms with van der Waals surface area (Å²) in [6, 6.07) is 7.21. The van der Waals surface area contributed by atoms with Crippen LogP contribution in [0.5, 0.6) is 0 Å². The van der Waals surface area contributed by atoms with Crippen molar-refractivity contribution < 1.29 is 18.9 Å². The number of morpholine rings is 1. The molecule has 4 rings (SSSR count). The molecule has 1 aliphatic carbocycles. The molecule has 0 bridgehead atoms. The summed E-state index contributed by atoms with van der Waals surface area (Å²) >= 11 is 0. The number of ether oxygens (including phenoxy) is 1. The molecule has 2 heterocycles. The summed E-state index contributed by atoms with van der Waals surface area (Å²) in [5, 5.41) is 0. The Labute approximate surface area is 172 Å². The second-order valence-electron chi connectivity index (χ2n) is 7.91. The van der Waals surface area contributed by atoms with Crippen molar-refractivity contribution in [1.82, 2.24) is 9.47 Å². The normalized spacial score (nSPS) is 16.8. The molecule has 1 aromatic carbocycles. The van der Waals surface area contributed by atoms with Crippen molar-refractivity contribution in [2.24, 2.45) is 0 Å². The molecule has 6 nitrogen and oxygen atoms in total. The van der Waals surface area contributed by atoms with Gasteiger partial charge < -0.3 is 4.74 Å². The zero-order valence-electron chi connectivity index (χ0n) is 17.4. The minimum atomic E-state index is -0.0279. The van der Waals surface area contributed by atoms with Crippen molar-refractivity contribution >= 4 is 11.6 Å². The molecule has 6 heteroatoms. The van der Waals surface area contributed by atoms with E-state index in [2.05, 4.69) is 21.0 Å². The highest BCUT2D eigenvalue weighted by Gasteiger charge is 2.42. The van der Waals surface area contributed by atoms with Gasteiger partial charge in [-0.05, 0) is 12.8 Å². The van der Waals surface area contributed by atoms with Gasteiger partial charge in [-0.1, -0.05) is 37.6 Å². The summed E-state index contributed by atoms with van der Waals surface area (Å²) in [7, 11) is 0. The van der Waals surface area contributed by atoms with Crippen molar-refractivity contribution in [2.75, 3.05) is 32.8 Å². The van der Waals surface area contributed by atoms with Gasteiger partial charge in [-0.15, -0.1) is 0 Å². The van der Waals surface area contributed by atoms with Crippen molar-refractivity contribution in [1.29, 1.82) is 0 Å². The van der Waals surface area contributed by atoms with Gasteiger partial charge in [0.15, 0.2) is 0 Å². The van der Waals surface area contributed by atoms with Crippen LogP contribution in [-0.2, 0) is 17.8 Å². The molecular weight excluding hydrogens is 366 g/mol. The van der Waals surface area contributed by atoms with E-state index in [1.165, 1.54) is 0 Å². The molecule has 2 aromatic rings. The maximum Gasteiger partial charge on any atom is 0.254 e. The summed E-state index contributed by atoms with van der Waals surface area (Å²) in [6.07, 6.45) is 2.97. The first kappa shape index (κ1) is 20.0. The summed E-state index contributed by atoms with van der Waals surface area (Å²) in [4.78, 5) is 29.1. The third-order valence-corrected chi connectivity index (χ3v) is 6.09. The van der Waals surface area contributed by atoms with Crippen LogP contribution in [0.1, 0.15) is 64.1 Å². The van der Waals surface area contributed by atoms with E-state index in [-0.39, 0.29) is 11.6 Å². The number of carbonyl (C=O) groups is 2. The molecule has 29 heavy (non-hydrogen) atoms. The van der Waals surface area contributed by atoms with Gasteiger partial charge in [0.2, 0.25) is 23.0 Å². The third kappa shape index (κ3) is 3.67. The Bertz CT molecular complexity index is 926. The molecule has 0 N–H and O–H groups in total.